The third-order valence-electron chi connectivity index (χ3n) is 2.25. The van der Waals surface area contributed by atoms with Gasteiger partial charge in [-0.25, -0.2) is 0 Å². The van der Waals surface area contributed by atoms with E-state index in [9.17, 15) is 0 Å². The first-order chi connectivity index (χ1) is 8.84. The first-order valence-corrected chi connectivity index (χ1v) is 5.68. The van der Waals surface area contributed by atoms with Crippen LogP contribution in [0.2, 0.25) is 0 Å². The van der Waals surface area contributed by atoms with Gasteiger partial charge in [-0.2, -0.15) is 10.2 Å². The zero-order valence-corrected chi connectivity index (χ0v) is 10.2. The molecule has 2 rings (SSSR count). The first kappa shape index (κ1) is 12.0. The standard InChI is InChI=1S/C15H14N2O/c1-13(10-14-6-3-2-4-7-14)11-16-17-12-15-8-5-9-18-15/h2-12H,1H3. The van der Waals surface area contributed by atoms with Crippen molar-refractivity contribution in [3.05, 3.63) is 65.6 Å². The van der Waals surface area contributed by atoms with Gasteiger partial charge in [0.05, 0.1) is 18.7 Å². The molecule has 18 heavy (non-hydrogen) atoms. The van der Waals surface area contributed by atoms with E-state index in [0.717, 1.165) is 11.1 Å². The van der Waals surface area contributed by atoms with Gasteiger partial charge in [0.1, 0.15) is 5.76 Å². The third-order valence-corrected chi connectivity index (χ3v) is 2.25. The van der Waals surface area contributed by atoms with Crippen molar-refractivity contribution in [1.29, 1.82) is 0 Å². The van der Waals surface area contributed by atoms with E-state index in [2.05, 4.69) is 10.2 Å². The molecule has 0 atom stereocenters. The van der Waals surface area contributed by atoms with Gasteiger partial charge in [-0.05, 0) is 30.2 Å². The highest BCUT2D eigenvalue weighted by Crippen LogP contribution is 2.04. The Morgan fingerprint density at radius 3 is 2.61 bits per heavy atom. The fourth-order valence-corrected chi connectivity index (χ4v) is 1.43. The molecule has 0 spiro atoms. The van der Waals surface area contributed by atoms with Crippen molar-refractivity contribution in [1.82, 2.24) is 0 Å². The Hall–Kier alpha value is -2.42. The molecule has 0 aliphatic carbocycles. The van der Waals surface area contributed by atoms with Crippen LogP contribution in [0, 0.1) is 0 Å². The maximum Gasteiger partial charge on any atom is 0.146 e. The summed E-state index contributed by atoms with van der Waals surface area (Å²) in [5.41, 5.74) is 2.19. The Bertz CT molecular complexity index is 551. The monoisotopic (exact) mass is 238 g/mol. The molecule has 0 aliphatic heterocycles. The van der Waals surface area contributed by atoms with Crippen LogP contribution in [0.25, 0.3) is 6.08 Å². The summed E-state index contributed by atoms with van der Waals surface area (Å²) < 4.78 is 5.10. The van der Waals surface area contributed by atoms with E-state index in [1.165, 1.54) is 0 Å². The fraction of sp³-hybridized carbons (Fsp3) is 0.0667. The predicted molar refractivity (Wildman–Crippen MR) is 74.9 cm³/mol. The molecule has 0 saturated heterocycles. The van der Waals surface area contributed by atoms with Gasteiger partial charge >= 0.3 is 0 Å². The van der Waals surface area contributed by atoms with Crippen molar-refractivity contribution in [3.63, 3.8) is 0 Å². The number of hydrogen-bond acceptors (Lipinski definition) is 3. The van der Waals surface area contributed by atoms with Gasteiger partial charge in [0.2, 0.25) is 0 Å². The topological polar surface area (TPSA) is 37.9 Å². The summed E-state index contributed by atoms with van der Waals surface area (Å²) in [4.78, 5) is 0. The molecule has 2 aromatic rings. The third kappa shape index (κ3) is 3.87. The normalized spacial score (nSPS) is 12.6. The predicted octanol–water partition coefficient (Wildman–Crippen LogP) is 3.79. The van der Waals surface area contributed by atoms with E-state index in [1.54, 1.807) is 18.7 Å². The van der Waals surface area contributed by atoms with Crippen LogP contribution in [-0.4, -0.2) is 12.4 Å². The zero-order valence-electron chi connectivity index (χ0n) is 10.2. The summed E-state index contributed by atoms with van der Waals surface area (Å²) in [5.74, 6) is 0.692. The SMILES string of the molecule is CC(C=NN=Cc1ccco1)=Cc1ccccc1. The average Bonchev–Trinajstić information content (AvgIpc) is 2.89. The smallest absolute Gasteiger partial charge is 0.146 e. The highest BCUT2D eigenvalue weighted by Gasteiger charge is 1.88. The molecular formula is C15H14N2O. The number of nitrogens with zero attached hydrogens (tertiary/aromatic N) is 2. The van der Waals surface area contributed by atoms with Gasteiger partial charge < -0.3 is 4.42 Å². The molecule has 0 radical (unpaired) electrons. The Morgan fingerprint density at radius 1 is 1.06 bits per heavy atom. The molecule has 1 aromatic heterocycles. The molecule has 3 heteroatoms. The van der Waals surface area contributed by atoms with Gasteiger partial charge in [0.15, 0.2) is 0 Å². The molecule has 0 fully saturated rings. The Labute approximate surface area is 106 Å². The van der Waals surface area contributed by atoms with Crippen molar-refractivity contribution in [3.8, 4) is 0 Å². The maximum absolute atomic E-state index is 5.10. The molecule has 0 saturated carbocycles. The van der Waals surface area contributed by atoms with Gasteiger partial charge in [-0.3, -0.25) is 0 Å². The fourth-order valence-electron chi connectivity index (χ4n) is 1.43. The largest absolute Gasteiger partial charge is 0.463 e. The first-order valence-electron chi connectivity index (χ1n) is 5.68. The summed E-state index contributed by atoms with van der Waals surface area (Å²) in [6, 6.07) is 13.7. The lowest BCUT2D eigenvalue weighted by Gasteiger charge is -1.92. The summed E-state index contributed by atoms with van der Waals surface area (Å²) in [7, 11) is 0. The maximum atomic E-state index is 5.10. The van der Waals surface area contributed by atoms with Crippen molar-refractivity contribution in [2.45, 2.75) is 6.92 Å². The minimum Gasteiger partial charge on any atom is -0.463 e. The minimum absolute atomic E-state index is 0.692. The summed E-state index contributed by atoms with van der Waals surface area (Å²) in [5, 5.41) is 7.86. The lowest BCUT2D eigenvalue weighted by molar-refractivity contribution is 0.560. The molecule has 0 N–H and O–H groups in total. The molecule has 0 bridgehead atoms. The van der Waals surface area contributed by atoms with E-state index >= 15 is 0 Å². The highest BCUT2D eigenvalue weighted by molar-refractivity contribution is 5.85. The number of allylic oxidation sites excluding steroid dienone is 1. The van der Waals surface area contributed by atoms with Gasteiger partial charge in [-0.1, -0.05) is 36.4 Å². The molecule has 1 heterocycles. The van der Waals surface area contributed by atoms with E-state index in [4.69, 9.17) is 4.42 Å². The lowest BCUT2D eigenvalue weighted by atomic mass is 10.1. The number of furan rings is 1. The van der Waals surface area contributed by atoms with Crippen molar-refractivity contribution >= 4 is 18.5 Å². The number of hydrogen-bond donors (Lipinski definition) is 0. The Morgan fingerprint density at radius 2 is 1.89 bits per heavy atom. The van der Waals surface area contributed by atoms with Crippen molar-refractivity contribution in [2.24, 2.45) is 10.2 Å². The number of rotatable bonds is 4. The van der Waals surface area contributed by atoms with Crippen molar-refractivity contribution in [2.75, 3.05) is 0 Å². The lowest BCUT2D eigenvalue weighted by Crippen LogP contribution is -1.79. The van der Waals surface area contributed by atoms with Crippen LogP contribution < -0.4 is 0 Å². The zero-order chi connectivity index (χ0) is 12.6. The van der Waals surface area contributed by atoms with Crippen LogP contribution in [0.5, 0.6) is 0 Å². The van der Waals surface area contributed by atoms with Gasteiger partial charge in [0, 0.05) is 0 Å². The summed E-state index contributed by atoms with van der Waals surface area (Å²) in [6.07, 6.45) is 6.94. The summed E-state index contributed by atoms with van der Waals surface area (Å²) >= 11 is 0. The minimum atomic E-state index is 0.692. The molecule has 0 aliphatic rings. The second-order valence-corrected chi connectivity index (χ2v) is 3.80. The van der Waals surface area contributed by atoms with E-state index in [-0.39, 0.29) is 0 Å². The van der Waals surface area contributed by atoms with Crippen LogP contribution >= 0.6 is 0 Å². The molecule has 90 valence electrons. The second kappa shape index (κ2) is 6.35. The highest BCUT2D eigenvalue weighted by atomic mass is 16.3. The van der Waals surface area contributed by atoms with Crippen LogP contribution in [0.1, 0.15) is 18.2 Å². The van der Waals surface area contributed by atoms with Gasteiger partial charge in [0.25, 0.3) is 0 Å². The van der Waals surface area contributed by atoms with Crippen LogP contribution in [-0.2, 0) is 0 Å². The van der Waals surface area contributed by atoms with Crippen LogP contribution in [0.15, 0.2) is 68.9 Å². The van der Waals surface area contributed by atoms with Gasteiger partial charge in [-0.15, -0.1) is 0 Å². The van der Waals surface area contributed by atoms with E-state index in [0.29, 0.717) is 5.76 Å². The molecule has 1 aromatic carbocycles. The Kier molecular flexibility index (Phi) is 4.25. The van der Waals surface area contributed by atoms with Crippen molar-refractivity contribution < 1.29 is 4.42 Å². The second-order valence-electron chi connectivity index (χ2n) is 3.80. The van der Waals surface area contributed by atoms with Crippen LogP contribution in [0.4, 0.5) is 0 Å². The van der Waals surface area contributed by atoms with E-state index < -0.39 is 0 Å². The number of benzene rings is 1. The molecular weight excluding hydrogens is 224 g/mol. The molecule has 0 unspecified atom stereocenters. The average molecular weight is 238 g/mol. The summed E-state index contributed by atoms with van der Waals surface area (Å²) in [6.45, 7) is 1.99. The molecule has 3 nitrogen and oxygen atoms in total. The molecule has 0 amide bonds. The van der Waals surface area contributed by atoms with E-state index in [1.807, 2.05) is 55.5 Å². The van der Waals surface area contributed by atoms with Crippen LogP contribution in [0.3, 0.4) is 0 Å². The quantitative estimate of drug-likeness (QED) is 0.590. The Balaban J connectivity index is 1.95.